The van der Waals surface area contributed by atoms with Gasteiger partial charge >= 0.3 is 0 Å². The molecule has 0 aliphatic heterocycles. The first-order valence-electron chi connectivity index (χ1n) is 5.60. The molecular weight excluding hydrogens is 376 g/mol. The van der Waals surface area contributed by atoms with Gasteiger partial charge in [0.2, 0.25) is 0 Å². The second kappa shape index (κ2) is 5.72. The summed E-state index contributed by atoms with van der Waals surface area (Å²) in [6, 6.07) is 4.21. The second-order valence-corrected chi connectivity index (χ2v) is 7.20. The summed E-state index contributed by atoms with van der Waals surface area (Å²) >= 11 is 8.91. The van der Waals surface area contributed by atoms with E-state index in [0.29, 0.717) is 0 Å². The number of hydrogen-bond acceptors (Lipinski definition) is 3. The minimum Gasteiger partial charge on any atom is -0.377 e. The SMILES string of the molecule is Cc1cc(Br)c(NCc2nc(C)c(C)s2)c(Br)c1. The maximum absolute atomic E-state index is 4.53. The van der Waals surface area contributed by atoms with E-state index < -0.39 is 0 Å². The van der Waals surface area contributed by atoms with Gasteiger partial charge < -0.3 is 5.32 Å². The third-order valence-corrected chi connectivity index (χ3v) is 5.00. The lowest BCUT2D eigenvalue weighted by Crippen LogP contribution is -2.01. The van der Waals surface area contributed by atoms with Crippen LogP contribution in [0.1, 0.15) is 21.1 Å². The molecule has 0 fully saturated rings. The van der Waals surface area contributed by atoms with E-state index in [1.54, 1.807) is 11.3 Å². The Morgan fingerprint density at radius 1 is 1.17 bits per heavy atom. The lowest BCUT2D eigenvalue weighted by molar-refractivity contribution is 1.07. The van der Waals surface area contributed by atoms with Crippen molar-refractivity contribution >= 4 is 48.9 Å². The van der Waals surface area contributed by atoms with Gasteiger partial charge in [0.05, 0.1) is 17.9 Å². The fraction of sp³-hybridized carbons (Fsp3) is 0.308. The molecule has 0 atom stereocenters. The molecule has 1 N–H and O–H groups in total. The number of halogens is 2. The van der Waals surface area contributed by atoms with Crippen LogP contribution in [0.25, 0.3) is 0 Å². The Morgan fingerprint density at radius 3 is 2.28 bits per heavy atom. The van der Waals surface area contributed by atoms with E-state index in [1.807, 2.05) is 6.92 Å². The van der Waals surface area contributed by atoms with Gasteiger partial charge in [-0.15, -0.1) is 11.3 Å². The first kappa shape index (κ1) is 14.0. The average Bonchev–Trinajstić information content (AvgIpc) is 2.56. The fourth-order valence-corrected chi connectivity index (χ4v) is 4.22. The van der Waals surface area contributed by atoms with Crippen LogP contribution in [0.2, 0.25) is 0 Å². The molecular formula is C13H14Br2N2S. The monoisotopic (exact) mass is 388 g/mol. The Hall–Kier alpha value is -0.390. The minimum atomic E-state index is 0.750. The van der Waals surface area contributed by atoms with Gasteiger partial charge in [0.1, 0.15) is 5.01 Å². The maximum atomic E-state index is 4.53. The standard InChI is InChI=1S/C13H14Br2N2S/c1-7-4-10(14)13(11(15)5-7)16-6-12-17-8(2)9(3)18-12/h4-5,16H,6H2,1-3H3. The van der Waals surface area contributed by atoms with Crippen molar-refractivity contribution in [1.82, 2.24) is 4.98 Å². The number of hydrogen-bond donors (Lipinski definition) is 1. The normalized spacial score (nSPS) is 10.7. The Balaban J connectivity index is 2.15. The molecule has 0 aliphatic rings. The minimum absolute atomic E-state index is 0.750. The molecule has 0 aliphatic carbocycles. The lowest BCUT2D eigenvalue weighted by atomic mass is 10.2. The summed E-state index contributed by atoms with van der Waals surface area (Å²) in [7, 11) is 0. The summed E-state index contributed by atoms with van der Waals surface area (Å²) < 4.78 is 2.14. The van der Waals surface area contributed by atoms with Crippen molar-refractivity contribution in [1.29, 1.82) is 0 Å². The molecule has 2 aromatic rings. The maximum Gasteiger partial charge on any atom is 0.112 e. The van der Waals surface area contributed by atoms with Gasteiger partial charge in [0.25, 0.3) is 0 Å². The summed E-state index contributed by atoms with van der Waals surface area (Å²) in [6.45, 7) is 6.98. The first-order valence-corrected chi connectivity index (χ1v) is 8.00. The molecule has 0 saturated heterocycles. The zero-order valence-electron chi connectivity index (χ0n) is 10.5. The van der Waals surface area contributed by atoms with Crippen LogP contribution in [0.15, 0.2) is 21.1 Å². The van der Waals surface area contributed by atoms with Gasteiger partial charge in [-0.25, -0.2) is 4.98 Å². The number of nitrogens with one attached hydrogen (secondary N) is 1. The highest BCUT2D eigenvalue weighted by Crippen LogP contribution is 2.32. The van der Waals surface area contributed by atoms with E-state index in [1.165, 1.54) is 10.4 Å². The average molecular weight is 390 g/mol. The topological polar surface area (TPSA) is 24.9 Å². The van der Waals surface area contributed by atoms with Gasteiger partial charge in [0.15, 0.2) is 0 Å². The molecule has 0 unspecified atom stereocenters. The van der Waals surface area contributed by atoms with Gasteiger partial charge in [-0.2, -0.15) is 0 Å². The van der Waals surface area contributed by atoms with Crippen LogP contribution >= 0.6 is 43.2 Å². The van der Waals surface area contributed by atoms with E-state index in [9.17, 15) is 0 Å². The second-order valence-electron chi connectivity index (χ2n) is 4.21. The molecule has 0 saturated carbocycles. The number of aromatic nitrogens is 1. The molecule has 1 aromatic heterocycles. The fourth-order valence-electron chi connectivity index (χ4n) is 1.65. The molecule has 0 amide bonds. The quantitative estimate of drug-likeness (QED) is 0.779. The third kappa shape index (κ3) is 3.13. The molecule has 1 aromatic carbocycles. The van der Waals surface area contributed by atoms with Crippen molar-refractivity contribution in [2.75, 3.05) is 5.32 Å². The van der Waals surface area contributed by atoms with Gasteiger partial charge in [-0.1, -0.05) is 0 Å². The van der Waals surface area contributed by atoms with E-state index >= 15 is 0 Å². The Labute approximate surface area is 128 Å². The Morgan fingerprint density at radius 2 is 1.78 bits per heavy atom. The van der Waals surface area contributed by atoms with Crippen LogP contribution in [0.4, 0.5) is 5.69 Å². The summed E-state index contributed by atoms with van der Waals surface area (Å²) in [5, 5.41) is 4.53. The zero-order chi connectivity index (χ0) is 13.3. The molecule has 5 heteroatoms. The highest BCUT2D eigenvalue weighted by molar-refractivity contribution is 9.11. The smallest absolute Gasteiger partial charge is 0.112 e. The van der Waals surface area contributed by atoms with Gasteiger partial charge in [-0.05, 0) is 70.3 Å². The van der Waals surface area contributed by atoms with Crippen LogP contribution in [-0.4, -0.2) is 4.98 Å². The highest BCUT2D eigenvalue weighted by Gasteiger charge is 2.08. The number of rotatable bonds is 3. The molecule has 0 bridgehead atoms. The molecule has 2 rings (SSSR count). The summed E-state index contributed by atoms with van der Waals surface area (Å²) in [6.07, 6.45) is 0. The van der Waals surface area contributed by atoms with Crippen molar-refractivity contribution in [2.45, 2.75) is 27.3 Å². The van der Waals surface area contributed by atoms with E-state index in [4.69, 9.17) is 0 Å². The van der Waals surface area contributed by atoms with Crippen molar-refractivity contribution < 1.29 is 0 Å². The van der Waals surface area contributed by atoms with Crippen molar-refractivity contribution in [2.24, 2.45) is 0 Å². The number of anilines is 1. The predicted molar refractivity (Wildman–Crippen MR) is 85.5 cm³/mol. The molecule has 2 nitrogen and oxygen atoms in total. The number of nitrogens with zero attached hydrogens (tertiary/aromatic N) is 1. The van der Waals surface area contributed by atoms with E-state index in [0.717, 1.165) is 31.9 Å². The van der Waals surface area contributed by atoms with Crippen LogP contribution < -0.4 is 5.32 Å². The lowest BCUT2D eigenvalue weighted by Gasteiger charge is -2.10. The van der Waals surface area contributed by atoms with Crippen LogP contribution in [-0.2, 0) is 6.54 Å². The van der Waals surface area contributed by atoms with Crippen LogP contribution in [0.3, 0.4) is 0 Å². The van der Waals surface area contributed by atoms with Crippen molar-refractivity contribution in [3.63, 3.8) is 0 Å². The summed E-state index contributed by atoms with van der Waals surface area (Å²) in [5.74, 6) is 0. The molecule has 0 radical (unpaired) electrons. The molecule has 0 spiro atoms. The predicted octanol–water partition coefficient (Wildman–Crippen LogP) is 5.21. The van der Waals surface area contributed by atoms with Crippen molar-refractivity contribution in [3.8, 4) is 0 Å². The molecule has 1 heterocycles. The van der Waals surface area contributed by atoms with Crippen LogP contribution in [0.5, 0.6) is 0 Å². The summed E-state index contributed by atoms with van der Waals surface area (Å²) in [4.78, 5) is 5.81. The molecule has 96 valence electrons. The number of benzene rings is 1. The number of thiazole rings is 1. The van der Waals surface area contributed by atoms with Crippen LogP contribution in [0, 0.1) is 20.8 Å². The van der Waals surface area contributed by atoms with E-state index in [-0.39, 0.29) is 0 Å². The summed E-state index contributed by atoms with van der Waals surface area (Å²) in [5.41, 5.74) is 3.42. The zero-order valence-corrected chi connectivity index (χ0v) is 14.5. The number of aryl methyl sites for hydroxylation is 3. The first-order chi connectivity index (χ1) is 8.47. The highest BCUT2D eigenvalue weighted by atomic mass is 79.9. The van der Waals surface area contributed by atoms with E-state index in [2.05, 4.69) is 68.1 Å². The van der Waals surface area contributed by atoms with Crippen molar-refractivity contribution in [3.05, 3.63) is 42.2 Å². The van der Waals surface area contributed by atoms with Gasteiger partial charge in [0, 0.05) is 13.8 Å². The Kier molecular flexibility index (Phi) is 4.45. The molecule has 18 heavy (non-hydrogen) atoms. The van der Waals surface area contributed by atoms with Gasteiger partial charge in [-0.3, -0.25) is 0 Å². The Bertz CT molecular complexity index is 536. The third-order valence-electron chi connectivity index (χ3n) is 2.68. The largest absolute Gasteiger partial charge is 0.377 e.